The van der Waals surface area contributed by atoms with Crippen LogP contribution in [0.1, 0.15) is 45.4 Å². The second-order valence-corrected chi connectivity index (χ2v) is 6.97. The second kappa shape index (κ2) is 8.18. The first-order valence-corrected chi connectivity index (χ1v) is 8.71. The maximum absolute atomic E-state index is 6.30. The van der Waals surface area contributed by atoms with Crippen molar-refractivity contribution in [3.63, 3.8) is 0 Å². The molecule has 2 atom stereocenters. The maximum atomic E-state index is 6.30. The number of hydrogen-bond donors (Lipinski definition) is 1. The molecule has 0 aromatic heterocycles. The molecule has 1 aromatic carbocycles. The molecule has 0 aliphatic heterocycles. The number of thioether (sulfide) groups is 1. The molecule has 2 unspecified atom stereocenters. The van der Waals surface area contributed by atoms with Gasteiger partial charge in [0.1, 0.15) is 0 Å². The lowest BCUT2D eigenvalue weighted by Crippen LogP contribution is -2.37. The zero-order chi connectivity index (χ0) is 13.5. The van der Waals surface area contributed by atoms with Crippen LogP contribution < -0.4 is 5.32 Å². The molecule has 1 aliphatic carbocycles. The molecule has 0 spiro atoms. The first kappa shape index (κ1) is 15.2. The van der Waals surface area contributed by atoms with Crippen LogP contribution in [0.4, 0.5) is 0 Å². The fourth-order valence-electron chi connectivity index (χ4n) is 2.68. The third-order valence-electron chi connectivity index (χ3n) is 3.72. The highest BCUT2D eigenvalue weighted by Gasteiger charge is 2.24. The Morgan fingerprint density at radius 1 is 1.21 bits per heavy atom. The van der Waals surface area contributed by atoms with E-state index >= 15 is 0 Å². The molecule has 2 rings (SSSR count). The van der Waals surface area contributed by atoms with E-state index in [1.807, 2.05) is 23.9 Å². The molecule has 106 valence electrons. The molecule has 1 aliphatic rings. The summed E-state index contributed by atoms with van der Waals surface area (Å²) < 4.78 is 0. The van der Waals surface area contributed by atoms with Crippen molar-refractivity contribution in [1.29, 1.82) is 0 Å². The Morgan fingerprint density at radius 2 is 2.00 bits per heavy atom. The molecule has 1 fully saturated rings. The monoisotopic (exact) mass is 297 g/mol. The van der Waals surface area contributed by atoms with Gasteiger partial charge < -0.3 is 5.32 Å². The Hall–Kier alpha value is -0.180. The SMILES string of the molecule is CCCNC1CCCCCC1Sc1ccccc1Cl. The summed E-state index contributed by atoms with van der Waals surface area (Å²) in [6.07, 6.45) is 7.91. The maximum Gasteiger partial charge on any atom is 0.0541 e. The van der Waals surface area contributed by atoms with Gasteiger partial charge >= 0.3 is 0 Å². The summed E-state index contributed by atoms with van der Waals surface area (Å²) in [6.45, 7) is 3.37. The third kappa shape index (κ3) is 4.70. The Kier molecular flexibility index (Phi) is 6.55. The molecule has 0 saturated heterocycles. The minimum Gasteiger partial charge on any atom is -0.313 e. The lowest BCUT2D eigenvalue weighted by molar-refractivity contribution is 0.470. The van der Waals surface area contributed by atoms with Crippen molar-refractivity contribution in [1.82, 2.24) is 5.32 Å². The summed E-state index contributed by atoms with van der Waals surface area (Å²) in [4.78, 5) is 1.24. The van der Waals surface area contributed by atoms with Gasteiger partial charge in [0.25, 0.3) is 0 Å². The zero-order valence-electron chi connectivity index (χ0n) is 11.7. The largest absolute Gasteiger partial charge is 0.313 e. The molecule has 19 heavy (non-hydrogen) atoms. The van der Waals surface area contributed by atoms with Gasteiger partial charge in [-0.05, 0) is 37.9 Å². The van der Waals surface area contributed by atoms with E-state index in [1.54, 1.807) is 0 Å². The standard InChI is InChI=1S/C16H24ClNS/c1-2-12-18-14-9-4-3-5-11-16(14)19-15-10-7-6-8-13(15)17/h6-8,10,14,16,18H,2-5,9,11-12H2,1H3. The Labute approximate surface area is 126 Å². The summed E-state index contributed by atoms with van der Waals surface area (Å²) in [5, 5.41) is 5.29. The molecule has 3 heteroatoms. The van der Waals surface area contributed by atoms with Gasteiger partial charge in [-0.3, -0.25) is 0 Å². The van der Waals surface area contributed by atoms with E-state index in [9.17, 15) is 0 Å². The molecule has 1 N–H and O–H groups in total. The van der Waals surface area contributed by atoms with Crippen LogP contribution in [0.5, 0.6) is 0 Å². The van der Waals surface area contributed by atoms with E-state index < -0.39 is 0 Å². The van der Waals surface area contributed by atoms with Crippen LogP contribution in [-0.4, -0.2) is 17.8 Å². The number of nitrogens with one attached hydrogen (secondary N) is 1. The van der Waals surface area contributed by atoms with Gasteiger partial charge in [0.05, 0.1) is 5.02 Å². The van der Waals surface area contributed by atoms with Gasteiger partial charge in [-0.15, -0.1) is 11.8 Å². The summed E-state index contributed by atoms with van der Waals surface area (Å²) in [6, 6.07) is 8.87. The molecule has 0 amide bonds. The zero-order valence-corrected chi connectivity index (χ0v) is 13.3. The van der Waals surface area contributed by atoms with E-state index in [2.05, 4.69) is 24.4 Å². The average molecular weight is 298 g/mol. The van der Waals surface area contributed by atoms with E-state index in [0.717, 1.165) is 11.6 Å². The van der Waals surface area contributed by atoms with Crippen molar-refractivity contribution >= 4 is 23.4 Å². The van der Waals surface area contributed by atoms with Crippen LogP contribution in [0.15, 0.2) is 29.2 Å². The first-order chi connectivity index (χ1) is 9.31. The third-order valence-corrected chi connectivity index (χ3v) is 5.64. The average Bonchev–Trinajstić information content (AvgIpc) is 2.64. The minimum atomic E-state index is 0.642. The smallest absolute Gasteiger partial charge is 0.0541 e. The van der Waals surface area contributed by atoms with Crippen molar-refractivity contribution in [3.8, 4) is 0 Å². The molecular formula is C16H24ClNS. The molecule has 0 radical (unpaired) electrons. The predicted octanol–water partition coefficient (Wildman–Crippen LogP) is 5.13. The van der Waals surface area contributed by atoms with Crippen LogP contribution in [0.2, 0.25) is 5.02 Å². The van der Waals surface area contributed by atoms with Crippen LogP contribution in [0, 0.1) is 0 Å². The van der Waals surface area contributed by atoms with Crippen molar-refractivity contribution in [2.24, 2.45) is 0 Å². The molecule has 1 saturated carbocycles. The van der Waals surface area contributed by atoms with E-state index in [-0.39, 0.29) is 0 Å². The second-order valence-electron chi connectivity index (χ2n) is 5.29. The van der Waals surface area contributed by atoms with Crippen molar-refractivity contribution in [2.45, 2.75) is 61.6 Å². The van der Waals surface area contributed by atoms with Gasteiger partial charge in [-0.1, -0.05) is 49.9 Å². The summed E-state index contributed by atoms with van der Waals surface area (Å²) >= 11 is 8.26. The van der Waals surface area contributed by atoms with E-state index in [4.69, 9.17) is 11.6 Å². The quantitative estimate of drug-likeness (QED) is 0.756. The van der Waals surface area contributed by atoms with Crippen molar-refractivity contribution in [3.05, 3.63) is 29.3 Å². The van der Waals surface area contributed by atoms with Gasteiger partial charge in [-0.2, -0.15) is 0 Å². The number of benzene rings is 1. The Balaban J connectivity index is 2.03. The number of halogens is 1. The highest BCUT2D eigenvalue weighted by Crippen LogP contribution is 2.36. The summed E-state index contributed by atoms with van der Waals surface area (Å²) in [5.41, 5.74) is 0. The highest BCUT2D eigenvalue weighted by atomic mass is 35.5. The fourth-order valence-corrected chi connectivity index (χ4v) is 4.30. The summed E-state index contributed by atoms with van der Waals surface area (Å²) in [5.74, 6) is 0. The lowest BCUT2D eigenvalue weighted by Gasteiger charge is -2.26. The van der Waals surface area contributed by atoms with Gasteiger partial charge in [-0.25, -0.2) is 0 Å². The van der Waals surface area contributed by atoms with Gasteiger partial charge in [0.15, 0.2) is 0 Å². The van der Waals surface area contributed by atoms with Crippen molar-refractivity contribution in [2.75, 3.05) is 6.54 Å². The normalized spacial score (nSPS) is 24.1. The molecule has 0 heterocycles. The van der Waals surface area contributed by atoms with E-state index in [1.165, 1.54) is 43.4 Å². The molecular weight excluding hydrogens is 274 g/mol. The molecule has 1 nitrogen and oxygen atoms in total. The minimum absolute atomic E-state index is 0.642. The van der Waals surface area contributed by atoms with Gasteiger partial charge in [0, 0.05) is 16.2 Å². The predicted molar refractivity (Wildman–Crippen MR) is 86.3 cm³/mol. The fraction of sp³-hybridized carbons (Fsp3) is 0.625. The van der Waals surface area contributed by atoms with Crippen LogP contribution in [-0.2, 0) is 0 Å². The molecule has 0 bridgehead atoms. The van der Waals surface area contributed by atoms with Crippen molar-refractivity contribution < 1.29 is 0 Å². The van der Waals surface area contributed by atoms with Gasteiger partial charge in [0.2, 0.25) is 0 Å². The Bertz CT molecular complexity index is 383. The number of rotatable bonds is 5. The topological polar surface area (TPSA) is 12.0 Å². The lowest BCUT2D eigenvalue weighted by atomic mass is 10.1. The Morgan fingerprint density at radius 3 is 2.79 bits per heavy atom. The first-order valence-electron chi connectivity index (χ1n) is 7.46. The summed E-state index contributed by atoms with van der Waals surface area (Å²) in [7, 11) is 0. The highest BCUT2D eigenvalue weighted by molar-refractivity contribution is 8.00. The number of hydrogen-bond acceptors (Lipinski definition) is 2. The van der Waals surface area contributed by atoms with E-state index in [0.29, 0.717) is 11.3 Å². The van der Waals surface area contributed by atoms with Crippen LogP contribution >= 0.6 is 23.4 Å². The van der Waals surface area contributed by atoms with Crippen LogP contribution in [0.3, 0.4) is 0 Å². The molecule has 1 aromatic rings. The van der Waals surface area contributed by atoms with Crippen LogP contribution in [0.25, 0.3) is 0 Å².